The predicted molar refractivity (Wildman–Crippen MR) is 84.3 cm³/mol. The van der Waals surface area contributed by atoms with Gasteiger partial charge in [-0.1, -0.05) is 65.2 Å². The third-order valence-electron chi connectivity index (χ3n) is 3.79. The first kappa shape index (κ1) is 17.0. The van der Waals surface area contributed by atoms with Gasteiger partial charge < -0.3 is 4.42 Å². The van der Waals surface area contributed by atoms with E-state index in [0.717, 1.165) is 18.6 Å². The molecule has 1 aromatic rings. The Morgan fingerprint density at radius 1 is 0.900 bits per heavy atom. The molecule has 0 unspecified atom stereocenters. The summed E-state index contributed by atoms with van der Waals surface area (Å²) < 4.78 is 5.48. The fraction of sp³-hybridized carbons (Fsp3) is 0.722. The highest BCUT2D eigenvalue weighted by atomic mass is 16.3. The third kappa shape index (κ3) is 6.93. The summed E-state index contributed by atoms with van der Waals surface area (Å²) in [5.41, 5.74) is 0. The molecule has 0 spiro atoms. The van der Waals surface area contributed by atoms with Gasteiger partial charge in [0.05, 0.1) is 0 Å². The van der Waals surface area contributed by atoms with E-state index in [0.29, 0.717) is 12.2 Å². The molecule has 2 nitrogen and oxygen atoms in total. The Morgan fingerprint density at radius 2 is 1.50 bits per heavy atom. The zero-order valence-corrected chi connectivity index (χ0v) is 13.2. The Balaban J connectivity index is 1.99. The molecule has 0 aliphatic heterocycles. The first-order valence-corrected chi connectivity index (χ1v) is 8.39. The van der Waals surface area contributed by atoms with E-state index < -0.39 is 0 Å². The number of hydrogen-bond donors (Lipinski definition) is 0. The van der Waals surface area contributed by atoms with Crippen LogP contribution in [0.4, 0.5) is 0 Å². The van der Waals surface area contributed by atoms with Gasteiger partial charge in [-0.15, -0.1) is 0 Å². The zero-order chi connectivity index (χ0) is 14.6. The molecule has 0 N–H and O–H groups in total. The summed E-state index contributed by atoms with van der Waals surface area (Å²) in [6.07, 6.45) is 13.0. The molecule has 0 aliphatic rings. The highest BCUT2D eigenvalue weighted by Crippen LogP contribution is 2.14. The molecule has 0 bridgehead atoms. The van der Waals surface area contributed by atoms with E-state index >= 15 is 0 Å². The molecule has 114 valence electrons. The minimum atomic E-state index is 0.160. The van der Waals surface area contributed by atoms with Crippen molar-refractivity contribution in [1.29, 1.82) is 0 Å². The van der Waals surface area contributed by atoms with Gasteiger partial charge in [-0.3, -0.25) is 4.79 Å². The molecule has 1 aromatic heterocycles. The summed E-state index contributed by atoms with van der Waals surface area (Å²) in [7, 11) is 0. The maximum absolute atomic E-state index is 11.9. The summed E-state index contributed by atoms with van der Waals surface area (Å²) >= 11 is 0. The Bertz CT molecular complexity index is 365. The number of carbonyl (C=O) groups excluding carboxylic acids is 1. The van der Waals surface area contributed by atoms with Crippen LogP contribution in [0.5, 0.6) is 0 Å². The van der Waals surface area contributed by atoms with Crippen LogP contribution in [0.25, 0.3) is 0 Å². The molecule has 0 amide bonds. The average molecular weight is 278 g/mol. The molecule has 2 heteroatoms. The summed E-state index contributed by atoms with van der Waals surface area (Å²) in [6.45, 7) is 4.28. The van der Waals surface area contributed by atoms with Crippen molar-refractivity contribution in [3.8, 4) is 0 Å². The minimum Gasteiger partial charge on any atom is -0.458 e. The lowest BCUT2D eigenvalue weighted by molar-refractivity contribution is 0.0950. The van der Waals surface area contributed by atoms with Crippen LogP contribution in [0.3, 0.4) is 0 Å². The van der Waals surface area contributed by atoms with Gasteiger partial charge >= 0.3 is 0 Å². The van der Waals surface area contributed by atoms with E-state index in [4.69, 9.17) is 4.42 Å². The summed E-state index contributed by atoms with van der Waals surface area (Å²) in [4.78, 5) is 11.9. The Hall–Kier alpha value is -1.05. The van der Waals surface area contributed by atoms with Gasteiger partial charge in [0.25, 0.3) is 0 Å². The van der Waals surface area contributed by atoms with Gasteiger partial charge in [-0.05, 0) is 18.6 Å². The molecule has 0 aromatic carbocycles. The SMILES string of the molecule is CCCCCCCCCCCC(=O)c1ccc(CC)o1. The Labute approximate surface area is 123 Å². The molecule has 0 saturated heterocycles. The number of Topliss-reactive ketones (excluding diaryl/α,β-unsaturated/α-hetero) is 1. The van der Waals surface area contributed by atoms with Crippen molar-refractivity contribution in [2.45, 2.75) is 84.5 Å². The van der Waals surface area contributed by atoms with Gasteiger partial charge in [0.2, 0.25) is 0 Å². The second-order valence-electron chi connectivity index (χ2n) is 5.62. The molecular formula is C18H30O2. The number of ketones is 1. The lowest BCUT2D eigenvalue weighted by Gasteiger charge is -2.01. The van der Waals surface area contributed by atoms with Crippen LogP contribution in [0.2, 0.25) is 0 Å². The number of aryl methyl sites for hydroxylation is 1. The van der Waals surface area contributed by atoms with Gasteiger partial charge in [0.15, 0.2) is 11.5 Å². The third-order valence-corrected chi connectivity index (χ3v) is 3.79. The maximum Gasteiger partial charge on any atom is 0.197 e. The van der Waals surface area contributed by atoms with E-state index in [1.165, 1.54) is 51.4 Å². The van der Waals surface area contributed by atoms with Gasteiger partial charge in [0, 0.05) is 12.8 Å². The summed E-state index contributed by atoms with van der Waals surface area (Å²) in [6, 6.07) is 3.72. The van der Waals surface area contributed by atoms with Crippen LogP contribution in [-0.2, 0) is 6.42 Å². The standard InChI is InChI=1S/C18H30O2/c1-3-5-6-7-8-9-10-11-12-13-17(19)18-15-14-16(4-2)20-18/h14-15H,3-13H2,1-2H3. The normalized spacial score (nSPS) is 10.9. The van der Waals surface area contributed by atoms with Crippen molar-refractivity contribution in [3.63, 3.8) is 0 Å². The first-order valence-electron chi connectivity index (χ1n) is 8.39. The van der Waals surface area contributed by atoms with Gasteiger partial charge in [-0.2, -0.15) is 0 Å². The van der Waals surface area contributed by atoms with E-state index in [9.17, 15) is 4.79 Å². The van der Waals surface area contributed by atoms with Crippen molar-refractivity contribution >= 4 is 5.78 Å². The molecule has 0 fully saturated rings. The number of furan rings is 1. The van der Waals surface area contributed by atoms with Crippen molar-refractivity contribution < 1.29 is 9.21 Å². The van der Waals surface area contributed by atoms with Crippen molar-refractivity contribution in [3.05, 3.63) is 23.7 Å². The summed E-state index contributed by atoms with van der Waals surface area (Å²) in [5.74, 6) is 1.61. The average Bonchev–Trinajstić information content (AvgIpc) is 2.94. The lowest BCUT2D eigenvalue weighted by atomic mass is 10.1. The van der Waals surface area contributed by atoms with Crippen LogP contribution in [0.1, 0.15) is 94.4 Å². The number of hydrogen-bond acceptors (Lipinski definition) is 2. The number of rotatable bonds is 12. The second-order valence-corrected chi connectivity index (χ2v) is 5.62. The van der Waals surface area contributed by atoms with Crippen molar-refractivity contribution in [1.82, 2.24) is 0 Å². The van der Waals surface area contributed by atoms with E-state index in [-0.39, 0.29) is 5.78 Å². The molecule has 0 aliphatic carbocycles. The predicted octanol–water partition coefficient (Wildman–Crippen LogP) is 5.95. The van der Waals surface area contributed by atoms with Crippen LogP contribution in [-0.4, -0.2) is 5.78 Å². The quantitative estimate of drug-likeness (QED) is 0.349. The molecule has 0 radical (unpaired) electrons. The monoisotopic (exact) mass is 278 g/mol. The Kier molecular flexibility index (Phi) is 9.10. The number of unbranched alkanes of at least 4 members (excludes halogenated alkanes) is 8. The zero-order valence-electron chi connectivity index (χ0n) is 13.2. The second kappa shape index (κ2) is 10.7. The molecule has 0 atom stereocenters. The van der Waals surface area contributed by atoms with Crippen LogP contribution in [0, 0.1) is 0 Å². The van der Waals surface area contributed by atoms with E-state index in [2.05, 4.69) is 6.92 Å². The van der Waals surface area contributed by atoms with E-state index in [1.807, 2.05) is 19.1 Å². The Morgan fingerprint density at radius 3 is 2.05 bits per heavy atom. The highest BCUT2D eigenvalue weighted by Gasteiger charge is 2.09. The van der Waals surface area contributed by atoms with Crippen LogP contribution >= 0.6 is 0 Å². The fourth-order valence-electron chi connectivity index (χ4n) is 2.44. The van der Waals surface area contributed by atoms with Gasteiger partial charge in [-0.25, -0.2) is 0 Å². The molecule has 0 saturated carbocycles. The topological polar surface area (TPSA) is 30.2 Å². The number of carbonyl (C=O) groups is 1. The minimum absolute atomic E-state index is 0.160. The van der Waals surface area contributed by atoms with Crippen molar-refractivity contribution in [2.75, 3.05) is 0 Å². The molecule has 1 rings (SSSR count). The molecular weight excluding hydrogens is 248 g/mol. The smallest absolute Gasteiger partial charge is 0.197 e. The van der Waals surface area contributed by atoms with E-state index in [1.54, 1.807) is 0 Å². The largest absolute Gasteiger partial charge is 0.458 e. The van der Waals surface area contributed by atoms with Crippen LogP contribution in [0.15, 0.2) is 16.5 Å². The highest BCUT2D eigenvalue weighted by molar-refractivity contribution is 5.93. The molecule has 1 heterocycles. The fourth-order valence-corrected chi connectivity index (χ4v) is 2.44. The lowest BCUT2D eigenvalue weighted by Crippen LogP contribution is -1.96. The summed E-state index contributed by atoms with van der Waals surface area (Å²) in [5, 5.41) is 0. The van der Waals surface area contributed by atoms with Crippen LogP contribution < -0.4 is 0 Å². The maximum atomic E-state index is 11.9. The first-order chi connectivity index (χ1) is 9.77. The molecule has 20 heavy (non-hydrogen) atoms. The van der Waals surface area contributed by atoms with Gasteiger partial charge in [0.1, 0.15) is 5.76 Å². The van der Waals surface area contributed by atoms with Crippen molar-refractivity contribution in [2.24, 2.45) is 0 Å².